The van der Waals surface area contributed by atoms with Crippen molar-refractivity contribution in [3.05, 3.63) is 42.5 Å². The van der Waals surface area contributed by atoms with Gasteiger partial charge < -0.3 is 11.1 Å². The molecule has 0 radical (unpaired) electrons. The van der Waals surface area contributed by atoms with Crippen LogP contribution in [0.25, 0.3) is 22.0 Å². The van der Waals surface area contributed by atoms with Crippen LogP contribution in [0.3, 0.4) is 0 Å². The zero-order valence-corrected chi connectivity index (χ0v) is 13.4. The Hall–Kier alpha value is -2.27. The van der Waals surface area contributed by atoms with Crippen LogP contribution in [0, 0.1) is 0 Å². The Morgan fingerprint density at radius 1 is 1.14 bits per heavy atom. The summed E-state index contributed by atoms with van der Waals surface area (Å²) in [6.07, 6.45) is 0. The van der Waals surface area contributed by atoms with Gasteiger partial charge in [-0.3, -0.25) is 0 Å². The highest BCUT2D eigenvalue weighted by Gasteiger charge is 2.09. The molecule has 112 valence electrons. The molecule has 4 nitrogen and oxygen atoms in total. The van der Waals surface area contributed by atoms with Crippen molar-refractivity contribution in [1.29, 1.82) is 0 Å². The van der Waals surface area contributed by atoms with Gasteiger partial charge in [0.25, 0.3) is 0 Å². The molecular formula is C17H18N4S. The van der Waals surface area contributed by atoms with Crippen LogP contribution >= 0.6 is 11.8 Å². The van der Waals surface area contributed by atoms with Gasteiger partial charge in [0.15, 0.2) is 0 Å². The lowest BCUT2D eigenvalue weighted by atomic mass is 10.0. The largest absolute Gasteiger partial charge is 0.372 e. The second kappa shape index (κ2) is 6.23. The molecule has 0 aliphatic rings. The first kappa shape index (κ1) is 14.7. The minimum Gasteiger partial charge on any atom is -0.372 e. The molecule has 2 aromatic carbocycles. The van der Waals surface area contributed by atoms with E-state index in [0.717, 1.165) is 28.0 Å². The van der Waals surface area contributed by atoms with E-state index in [9.17, 15) is 0 Å². The second-order valence-electron chi connectivity index (χ2n) is 4.84. The van der Waals surface area contributed by atoms with Crippen molar-refractivity contribution in [3.8, 4) is 11.1 Å². The molecule has 0 unspecified atom stereocenters. The third-order valence-electron chi connectivity index (χ3n) is 3.45. The van der Waals surface area contributed by atoms with Gasteiger partial charge in [-0.2, -0.15) is 4.98 Å². The van der Waals surface area contributed by atoms with Crippen LogP contribution in [0.1, 0.15) is 6.92 Å². The molecule has 0 spiro atoms. The zero-order valence-electron chi connectivity index (χ0n) is 12.6. The number of nitrogen functional groups attached to an aromatic ring is 1. The number of anilines is 2. The monoisotopic (exact) mass is 310 g/mol. The number of nitrogens with zero attached hydrogens (tertiary/aromatic N) is 2. The van der Waals surface area contributed by atoms with Crippen molar-refractivity contribution in [3.63, 3.8) is 0 Å². The van der Waals surface area contributed by atoms with Crippen LogP contribution in [0.15, 0.2) is 47.4 Å². The highest BCUT2D eigenvalue weighted by molar-refractivity contribution is 7.99. The Balaban J connectivity index is 2.17. The summed E-state index contributed by atoms with van der Waals surface area (Å²) in [6.45, 7) is 2.16. The van der Waals surface area contributed by atoms with Crippen molar-refractivity contribution >= 4 is 34.4 Å². The summed E-state index contributed by atoms with van der Waals surface area (Å²) in [4.78, 5) is 9.86. The predicted octanol–water partition coefficient (Wildman–Crippen LogP) is 4.03. The Kier molecular flexibility index (Phi) is 4.15. The number of hydrogen-bond donors (Lipinski definition) is 2. The predicted molar refractivity (Wildman–Crippen MR) is 95.3 cm³/mol. The van der Waals surface area contributed by atoms with E-state index < -0.39 is 0 Å². The van der Waals surface area contributed by atoms with Crippen LogP contribution in [0.4, 0.5) is 11.8 Å². The van der Waals surface area contributed by atoms with Crippen molar-refractivity contribution < 1.29 is 0 Å². The van der Waals surface area contributed by atoms with Crippen LogP contribution in [-0.4, -0.2) is 22.8 Å². The Bertz CT molecular complexity index is 817. The second-order valence-corrected chi connectivity index (χ2v) is 6.15. The maximum absolute atomic E-state index is 5.80. The van der Waals surface area contributed by atoms with Gasteiger partial charge in [-0.05, 0) is 35.1 Å². The van der Waals surface area contributed by atoms with E-state index in [1.807, 2.05) is 24.9 Å². The molecule has 0 saturated carbocycles. The summed E-state index contributed by atoms with van der Waals surface area (Å²) in [6, 6.07) is 14.7. The number of benzene rings is 2. The highest BCUT2D eigenvalue weighted by Crippen LogP contribution is 2.33. The highest BCUT2D eigenvalue weighted by atomic mass is 32.2. The summed E-state index contributed by atoms with van der Waals surface area (Å²) in [5.41, 5.74) is 9.02. The quantitative estimate of drug-likeness (QED) is 0.712. The summed E-state index contributed by atoms with van der Waals surface area (Å²) in [5.74, 6) is 2.08. The molecule has 0 amide bonds. The normalized spacial score (nSPS) is 10.8. The molecule has 0 fully saturated rings. The lowest BCUT2D eigenvalue weighted by Gasteiger charge is -2.11. The molecule has 5 heteroatoms. The first-order chi connectivity index (χ1) is 10.7. The van der Waals surface area contributed by atoms with E-state index in [0.29, 0.717) is 0 Å². The summed E-state index contributed by atoms with van der Waals surface area (Å²) in [7, 11) is 1.84. The van der Waals surface area contributed by atoms with Gasteiger partial charge in [0.2, 0.25) is 5.95 Å². The van der Waals surface area contributed by atoms with Crippen LogP contribution in [0.2, 0.25) is 0 Å². The average molecular weight is 310 g/mol. The minimum atomic E-state index is 0.283. The maximum Gasteiger partial charge on any atom is 0.222 e. The lowest BCUT2D eigenvalue weighted by Crippen LogP contribution is -2.01. The number of rotatable bonds is 4. The number of hydrogen-bond acceptors (Lipinski definition) is 5. The Morgan fingerprint density at radius 2 is 1.95 bits per heavy atom. The number of nitrogens with one attached hydrogen (secondary N) is 1. The molecule has 0 aliphatic carbocycles. The van der Waals surface area contributed by atoms with E-state index >= 15 is 0 Å². The van der Waals surface area contributed by atoms with Crippen molar-refractivity contribution in [1.82, 2.24) is 9.97 Å². The topological polar surface area (TPSA) is 63.8 Å². The first-order valence-electron chi connectivity index (χ1n) is 7.20. The lowest BCUT2D eigenvalue weighted by molar-refractivity contribution is 1.22. The molecule has 3 aromatic rings. The van der Waals surface area contributed by atoms with E-state index in [1.54, 1.807) is 0 Å². The number of nitrogens with two attached hydrogens (primary N) is 1. The van der Waals surface area contributed by atoms with Gasteiger partial charge >= 0.3 is 0 Å². The zero-order chi connectivity index (χ0) is 15.5. The van der Waals surface area contributed by atoms with Crippen molar-refractivity contribution in [2.45, 2.75) is 11.8 Å². The molecule has 3 N–H and O–H groups in total. The summed E-state index contributed by atoms with van der Waals surface area (Å²) < 4.78 is 0. The third kappa shape index (κ3) is 2.72. The first-order valence-corrected chi connectivity index (χ1v) is 8.18. The molecule has 0 aliphatic heterocycles. The number of fused-ring (bicyclic) bond motifs is 1. The van der Waals surface area contributed by atoms with E-state index in [4.69, 9.17) is 5.73 Å². The van der Waals surface area contributed by atoms with Crippen LogP contribution in [0.5, 0.6) is 0 Å². The fraction of sp³-hybridized carbons (Fsp3) is 0.176. The van der Waals surface area contributed by atoms with Gasteiger partial charge in [0.1, 0.15) is 5.82 Å². The fourth-order valence-electron chi connectivity index (χ4n) is 2.49. The average Bonchev–Trinajstić information content (AvgIpc) is 2.54. The standard InChI is InChI=1S/C17H18N4S/c1-3-22-15-7-5-4-6-12(15)11-8-9-13-14(10-11)20-17(18)21-16(13)19-2/h4-10H,3H2,1-2H3,(H3,18,19,20,21). The molecule has 22 heavy (non-hydrogen) atoms. The molecular weight excluding hydrogens is 292 g/mol. The number of aromatic nitrogens is 2. The van der Waals surface area contributed by atoms with E-state index in [-0.39, 0.29) is 5.95 Å². The Labute approximate surface area is 134 Å². The Morgan fingerprint density at radius 3 is 2.73 bits per heavy atom. The molecule has 3 rings (SSSR count). The van der Waals surface area contributed by atoms with Crippen LogP contribution < -0.4 is 11.1 Å². The van der Waals surface area contributed by atoms with Crippen LogP contribution in [-0.2, 0) is 0 Å². The van der Waals surface area contributed by atoms with Crippen molar-refractivity contribution in [2.75, 3.05) is 23.9 Å². The van der Waals surface area contributed by atoms with E-state index in [1.165, 1.54) is 10.5 Å². The SMILES string of the molecule is CCSc1ccccc1-c1ccc2c(NC)nc(N)nc2c1. The molecule has 0 atom stereocenters. The van der Waals surface area contributed by atoms with Gasteiger partial charge in [-0.1, -0.05) is 31.2 Å². The van der Waals surface area contributed by atoms with Crippen molar-refractivity contribution in [2.24, 2.45) is 0 Å². The van der Waals surface area contributed by atoms with Gasteiger partial charge in [-0.25, -0.2) is 4.98 Å². The van der Waals surface area contributed by atoms with Gasteiger partial charge in [0.05, 0.1) is 5.52 Å². The molecule has 1 heterocycles. The maximum atomic E-state index is 5.80. The minimum absolute atomic E-state index is 0.283. The summed E-state index contributed by atoms with van der Waals surface area (Å²) in [5, 5.41) is 4.04. The number of thioether (sulfide) groups is 1. The summed E-state index contributed by atoms with van der Waals surface area (Å²) >= 11 is 1.84. The fourth-order valence-corrected chi connectivity index (χ4v) is 3.32. The van der Waals surface area contributed by atoms with Gasteiger partial charge in [-0.15, -0.1) is 11.8 Å². The molecule has 1 aromatic heterocycles. The van der Waals surface area contributed by atoms with Gasteiger partial charge in [0, 0.05) is 17.3 Å². The third-order valence-corrected chi connectivity index (χ3v) is 4.40. The smallest absolute Gasteiger partial charge is 0.222 e. The molecule has 0 saturated heterocycles. The van der Waals surface area contributed by atoms with E-state index in [2.05, 4.69) is 58.6 Å². The molecule has 0 bridgehead atoms.